The maximum atomic E-state index is 13.5. The Hall–Kier alpha value is -2.51. The van der Waals surface area contributed by atoms with Gasteiger partial charge in [0.1, 0.15) is 11.5 Å². The fourth-order valence-corrected chi connectivity index (χ4v) is 4.31. The minimum absolute atomic E-state index is 0.0220. The lowest BCUT2D eigenvalue weighted by Crippen LogP contribution is -2.41. The summed E-state index contributed by atoms with van der Waals surface area (Å²) in [5.41, 5.74) is 2.67. The van der Waals surface area contributed by atoms with Gasteiger partial charge in [0.05, 0.1) is 31.0 Å². The molecular weight excluding hydrogens is 405 g/mol. The van der Waals surface area contributed by atoms with Crippen LogP contribution < -0.4 is 14.9 Å². The highest BCUT2D eigenvalue weighted by Crippen LogP contribution is 2.39. The molecule has 1 saturated heterocycles. The lowest BCUT2D eigenvalue weighted by atomic mass is 9.75. The van der Waals surface area contributed by atoms with Gasteiger partial charge in [-0.15, -0.1) is 0 Å². The summed E-state index contributed by atoms with van der Waals surface area (Å²) >= 11 is 0. The largest absolute Gasteiger partial charge is 0.497 e. The molecule has 32 heavy (non-hydrogen) atoms. The topological polar surface area (TPSA) is 57.2 Å². The summed E-state index contributed by atoms with van der Waals surface area (Å²) in [4.78, 5) is 15.3. The molecule has 1 unspecified atom stereocenters. The molecule has 0 aromatic heterocycles. The Balaban J connectivity index is 1.65. The van der Waals surface area contributed by atoms with Gasteiger partial charge in [0, 0.05) is 13.1 Å². The van der Waals surface area contributed by atoms with Crippen molar-refractivity contribution < 1.29 is 23.6 Å². The van der Waals surface area contributed by atoms with Gasteiger partial charge in [0.2, 0.25) is 0 Å². The molecule has 1 fully saturated rings. The van der Waals surface area contributed by atoms with E-state index in [0.29, 0.717) is 24.4 Å². The Kier molecular flexibility index (Phi) is 5.76. The number of carbonyl (C=O) groups is 1. The van der Waals surface area contributed by atoms with Crippen LogP contribution in [-0.2, 0) is 15.9 Å². The molecule has 0 spiro atoms. The zero-order valence-electron chi connectivity index (χ0n) is 20.0. The van der Waals surface area contributed by atoms with Crippen molar-refractivity contribution in [1.82, 2.24) is 4.90 Å². The lowest BCUT2D eigenvalue weighted by Gasteiger charge is -2.34. The maximum Gasteiger partial charge on any atom is 0.494 e. The van der Waals surface area contributed by atoms with Crippen molar-refractivity contribution in [3.63, 3.8) is 0 Å². The van der Waals surface area contributed by atoms with Crippen LogP contribution in [0, 0.1) is 0 Å². The Morgan fingerprint density at radius 3 is 2.22 bits per heavy atom. The van der Waals surface area contributed by atoms with Gasteiger partial charge >= 0.3 is 7.12 Å². The van der Waals surface area contributed by atoms with E-state index in [4.69, 9.17) is 18.8 Å². The summed E-state index contributed by atoms with van der Waals surface area (Å²) < 4.78 is 23.4. The van der Waals surface area contributed by atoms with E-state index in [1.807, 2.05) is 69.0 Å². The van der Waals surface area contributed by atoms with E-state index in [2.05, 4.69) is 6.92 Å². The van der Waals surface area contributed by atoms with Crippen molar-refractivity contribution in [2.75, 3.05) is 20.8 Å². The lowest BCUT2D eigenvalue weighted by molar-refractivity contribution is 0.00578. The second-order valence-corrected chi connectivity index (χ2v) is 9.71. The fraction of sp³-hybridized carbons (Fsp3) is 0.480. The van der Waals surface area contributed by atoms with Crippen LogP contribution >= 0.6 is 0 Å². The minimum atomic E-state index is -0.501. The van der Waals surface area contributed by atoms with Crippen molar-refractivity contribution in [3.8, 4) is 11.5 Å². The van der Waals surface area contributed by atoms with Gasteiger partial charge < -0.3 is 23.7 Å². The fourth-order valence-electron chi connectivity index (χ4n) is 4.31. The number of ether oxygens (including phenoxy) is 2. The summed E-state index contributed by atoms with van der Waals surface area (Å²) in [5.74, 6) is 1.49. The van der Waals surface area contributed by atoms with E-state index in [1.54, 1.807) is 14.2 Å². The second kappa shape index (κ2) is 8.12. The van der Waals surface area contributed by atoms with E-state index >= 15 is 0 Å². The van der Waals surface area contributed by atoms with E-state index in [9.17, 15) is 4.79 Å². The molecule has 2 heterocycles. The minimum Gasteiger partial charge on any atom is -0.497 e. The Labute approximate surface area is 190 Å². The first kappa shape index (κ1) is 22.7. The van der Waals surface area contributed by atoms with Gasteiger partial charge in [0.25, 0.3) is 5.91 Å². The third kappa shape index (κ3) is 3.88. The zero-order valence-corrected chi connectivity index (χ0v) is 20.0. The molecule has 1 atom stereocenters. The summed E-state index contributed by atoms with van der Waals surface area (Å²) in [7, 11) is 2.74. The van der Waals surface area contributed by atoms with Crippen molar-refractivity contribution in [2.24, 2.45) is 0 Å². The smallest absolute Gasteiger partial charge is 0.494 e. The predicted molar refractivity (Wildman–Crippen MR) is 125 cm³/mol. The van der Waals surface area contributed by atoms with E-state index in [-0.39, 0.29) is 11.8 Å². The molecule has 0 saturated carbocycles. The van der Waals surface area contributed by atoms with Crippen LogP contribution in [0.1, 0.15) is 62.0 Å². The van der Waals surface area contributed by atoms with E-state index in [1.165, 1.54) is 0 Å². The summed E-state index contributed by atoms with van der Waals surface area (Å²) in [5, 5.41) is 0. The molecule has 7 heteroatoms. The third-order valence-electron chi connectivity index (χ3n) is 6.96. The average molecular weight is 437 g/mol. The van der Waals surface area contributed by atoms with Gasteiger partial charge in [-0.2, -0.15) is 0 Å². The molecule has 0 radical (unpaired) electrons. The Morgan fingerprint density at radius 2 is 1.66 bits per heavy atom. The summed E-state index contributed by atoms with van der Waals surface area (Å²) in [6.45, 7) is 11.4. The van der Waals surface area contributed by atoms with Crippen molar-refractivity contribution in [2.45, 2.75) is 58.3 Å². The van der Waals surface area contributed by atoms with Crippen LogP contribution in [-0.4, -0.2) is 49.9 Å². The normalized spacial score (nSPS) is 21.5. The molecule has 2 aromatic rings. The number of benzene rings is 2. The second-order valence-electron chi connectivity index (χ2n) is 9.71. The molecule has 0 bridgehead atoms. The highest BCUT2D eigenvalue weighted by molar-refractivity contribution is 6.62. The van der Waals surface area contributed by atoms with Crippen LogP contribution in [0.15, 0.2) is 36.4 Å². The van der Waals surface area contributed by atoms with Crippen molar-refractivity contribution >= 4 is 18.5 Å². The molecule has 2 aliphatic rings. The number of rotatable bonds is 5. The molecule has 2 aliphatic heterocycles. The van der Waals surface area contributed by atoms with Gasteiger partial charge in [-0.25, -0.2) is 0 Å². The number of fused-ring (bicyclic) bond motifs is 1. The molecule has 6 nitrogen and oxygen atoms in total. The number of nitrogens with zero attached hydrogens (tertiary/aromatic N) is 1. The summed E-state index contributed by atoms with van der Waals surface area (Å²) in [6, 6.07) is 11.7. The van der Waals surface area contributed by atoms with E-state index < -0.39 is 18.3 Å². The number of carbonyl (C=O) groups excluding carboxylic acids is 1. The number of hydrogen-bond acceptors (Lipinski definition) is 5. The first-order valence-corrected chi connectivity index (χ1v) is 11.1. The van der Waals surface area contributed by atoms with Crippen LogP contribution in [0.25, 0.3) is 0 Å². The molecule has 0 N–H and O–H groups in total. The molecule has 4 rings (SSSR count). The van der Waals surface area contributed by atoms with Gasteiger partial charge in [-0.3, -0.25) is 4.79 Å². The van der Waals surface area contributed by atoms with Crippen LogP contribution in [0.4, 0.5) is 0 Å². The number of methoxy groups -OCH3 is 2. The van der Waals surface area contributed by atoms with Crippen LogP contribution in [0.5, 0.6) is 11.5 Å². The molecular formula is C25H32BNO5. The monoisotopic (exact) mass is 437 g/mol. The average Bonchev–Trinajstić information content (AvgIpc) is 2.98. The first-order chi connectivity index (χ1) is 15.1. The quantitative estimate of drug-likeness (QED) is 0.667. The van der Waals surface area contributed by atoms with Crippen LogP contribution in [0.3, 0.4) is 0 Å². The standard InChI is InChI=1S/C25H32BNO5/c1-16-14-27(15-17-8-10-19(29-6)11-9-17)23(28)22-20(16)12-18(13-21(22)30-7)26-31-24(2,3)25(4,5)32-26/h8-13,16H,14-15H2,1-7H3. The first-order valence-electron chi connectivity index (χ1n) is 11.1. The molecule has 1 amide bonds. The number of amides is 1. The molecule has 0 aliphatic carbocycles. The predicted octanol–water partition coefficient (Wildman–Crippen LogP) is 3.76. The Morgan fingerprint density at radius 1 is 1.03 bits per heavy atom. The zero-order chi connectivity index (χ0) is 23.3. The SMILES string of the molecule is COc1ccc(CN2CC(C)c3cc(B4OC(C)(C)C(C)(C)O4)cc(OC)c3C2=O)cc1. The maximum absolute atomic E-state index is 13.5. The van der Waals surface area contributed by atoms with Gasteiger partial charge in [-0.1, -0.05) is 25.1 Å². The van der Waals surface area contributed by atoms with Crippen LogP contribution in [0.2, 0.25) is 0 Å². The van der Waals surface area contributed by atoms with Crippen molar-refractivity contribution in [3.05, 3.63) is 53.1 Å². The number of hydrogen-bond donors (Lipinski definition) is 0. The molecule has 2 aromatic carbocycles. The third-order valence-corrected chi connectivity index (χ3v) is 6.96. The highest BCUT2D eigenvalue weighted by Gasteiger charge is 2.52. The van der Waals surface area contributed by atoms with Crippen molar-refractivity contribution in [1.29, 1.82) is 0 Å². The Bertz CT molecular complexity index is 1000. The summed E-state index contributed by atoms with van der Waals surface area (Å²) in [6.07, 6.45) is 0. The van der Waals surface area contributed by atoms with Gasteiger partial charge in [-0.05, 0) is 68.4 Å². The van der Waals surface area contributed by atoms with Gasteiger partial charge in [0.15, 0.2) is 0 Å². The molecule has 170 valence electrons. The highest BCUT2D eigenvalue weighted by atomic mass is 16.7. The van der Waals surface area contributed by atoms with E-state index in [0.717, 1.165) is 22.3 Å².